The number of pyridine rings is 1. The van der Waals surface area contributed by atoms with E-state index in [1.807, 2.05) is 0 Å². The van der Waals surface area contributed by atoms with Gasteiger partial charge in [0.05, 0.1) is 11.7 Å². The molecule has 3 rings (SSSR count). The van der Waals surface area contributed by atoms with Crippen LogP contribution in [0.5, 0.6) is 5.88 Å². The second-order valence-corrected chi connectivity index (χ2v) is 4.60. The number of amides is 1. The maximum atomic E-state index is 14.1. The van der Waals surface area contributed by atoms with Crippen molar-refractivity contribution in [1.29, 1.82) is 0 Å². The molecule has 5 nitrogen and oxygen atoms in total. The summed E-state index contributed by atoms with van der Waals surface area (Å²) >= 11 is 0. The maximum Gasteiger partial charge on any atom is 0.416 e. The number of halogens is 1. The summed E-state index contributed by atoms with van der Waals surface area (Å²) in [6, 6.07) is 1.59. The molecule has 0 aliphatic carbocycles. The molecule has 1 aliphatic rings. The van der Waals surface area contributed by atoms with Crippen LogP contribution >= 0.6 is 0 Å². The molecule has 0 spiro atoms. The van der Waals surface area contributed by atoms with Crippen molar-refractivity contribution in [3.05, 3.63) is 24.3 Å². The number of nitrogens with one attached hydrogen (secondary N) is 1. The van der Waals surface area contributed by atoms with E-state index in [2.05, 4.69) is 9.97 Å². The summed E-state index contributed by atoms with van der Waals surface area (Å²) in [6.07, 6.45) is 5.58. The first-order valence-electron chi connectivity index (χ1n) is 6.34. The van der Waals surface area contributed by atoms with Crippen LogP contribution in [0.15, 0.2) is 18.5 Å². The van der Waals surface area contributed by atoms with Gasteiger partial charge in [-0.25, -0.2) is 14.2 Å². The number of piperidine rings is 1. The van der Waals surface area contributed by atoms with Crippen LogP contribution < -0.4 is 4.74 Å². The number of fused-ring (bicyclic) bond motifs is 1. The predicted octanol–water partition coefficient (Wildman–Crippen LogP) is 2.69. The number of aromatic nitrogens is 2. The van der Waals surface area contributed by atoms with Gasteiger partial charge in [-0.05, 0) is 25.3 Å². The monoisotopic (exact) mass is 263 g/mol. The molecule has 19 heavy (non-hydrogen) atoms. The van der Waals surface area contributed by atoms with Crippen LogP contribution in [-0.4, -0.2) is 34.1 Å². The number of hydrogen-bond acceptors (Lipinski definition) is 3. The van der Waals surface area contributed by atoms with Crippen LogP contribution in [0.25, 0.3) is 10.9 Å². The van der Waals surface area contributed by atoms with E-state index in [9.17, 15) is 9.18 Å². The zero-order chi connectivity index (χ0) is 13.2. The summed E-state index contributed by atoms with van der Waals surface area (Å²) in [5.41, 5.74) is 0.579. The molecule has 2 aromatic heterocycles. The molecule has 0 atom stereocenters. The minimum Gasteiger partial charge on any atom is -0.388 e. The quantitative estimate of drug-likeness (QED) is 0.860. The summed E-state index contributed by atoms with van der Waals surface area (Å²) in [5.74, 6) is -0.869. The second-order valence-electron chi connectivity index (χ2n) is 4.60. The minimum absolute atomic E-state index is 0.261. The lowest BCUT2D eigenvalue weighted by atomic mass is 10.1. The van der Waals surface area contributed by atoms with Gasteiger partial charge in [0, 0.05) is 24.7 Å². The van der Waals surface area contributed by atoms with E-state index in [0.29, 0.717) is 24.0 Å². The Labute approximate surface area is 109 Å². The lowest BCUT2D eigenvalue weighted by Crippen LogP contribution is -2.37. The van der Waals surface area contributed by atoms with Crippen molar-refractivity contribution < 1.29 is 13.9 Å². The highest BCUT2D eigenvalue weighted by atomic mass is 19.1. The second kappa shape index (κ2) is 4.87. The van der Waals surface area contributed by atoms with Crippen LogP contribution in [0.1, 0.15) is 19.3 Å². The molecule has 0 saturated carbocycles. The van der Waals surface area contributed by atoms with Crippen LogP contribution in [0.4, 0.5) is 9.18 Å². The number of nitrogens with zero attached hydrogens (tertiary/aromatic N) is 2. The average Bonchev–Trinajstić information content (AvgIpc) is 2.92. The van der Waals surface area contributed by atoms with Gasteiger partial charge < -0.3 is 14.6 Å². The number of ether oxygens (including phenoxy) is 1. The van der Waals surface area contributed by atoms with Crippen molar-refractivity contribution in [2.24, 2.45) is 0 Å². The largest absolute Gasteiger partial charge is 0.416 e. The van der Waals surface area contributed by atoms with Crippen molar-refractivity contribution in [1.82, 2.24) is 14.9 Å². The Morgan fingerprint density at radius 3 is 2.95 bits per heavy atom. The topological polar surface area (TPSA) is 58.2 Å². The first-order valence-corrected chi connectivity index (χ1v) is 6.34. The highest BCUT2D eigenvalue weighted by molar-refractivity contribution is 5.81. The molecule has 0 unspecified atom stereocenters. The summed E-state index contributed by atoms with van der Waals surface area (Å²) < 4.78 is 19.1. The number of H-pyrrole nitrogens is 1. The van der Waals surface area contributed by atoms with Gasteiger partial charge in [0.1, 0.15) is 0 Å². The highest BCUT2D eigenvalue weighted by Gasteiger charge is 2.21. The van der Waals surface area contributed by atoms with Crippen LogP contribution in [0.2, 0.25) is 0 Å². The zero-order valence-electron chi connectivity index (χ0n) is 10.4. The molecule has 3 heterocycles. The third kappa shape index (κ3) is 2.25. The lowest BCUT2D eigenvalue weighted by molar-refractivity contribution is 0.139. The van der Waals surface area contributed by atoms with E-state index >= 15 is 0 Å². The molecule has 0 aromatic carbocycles. The minimum atomic E-state index is -0.607. The molecular formula is C13H14FN3O2. The first kappa shape index (κ1) is 12.0. The van der Waals surface area contributed by atoms with Crippen molar-refractivity contribution in [3.8, 4) is 5.88 Å². The average molecular weight is 263 g/mol. The van der Waals surface area contributed by atoms with Gasteiger partial charge in [-0.2, -0.15) is 0 Å². The van der Waals surface area contributed by atoms with E-state index in [1.165, 1.54) is 6.20 Å². The third-order valence-corrected chi connectivity index (χ3v) is 3.31. The smallest absolute Gasteiger partial charge is 0.388 e. The Morgan fingerprint density at radius 1 is 1.37 bits per heavy atom. The van der Waals surface area contributed by atoms with E-state index < -0.39 is 11.9 Å². The number of hydrogen-bond donors (Lipinski definition) is 1. The summed E-state index contributed by atoms with van der Waals surface area (Å²) in [4.78, 5) is 20.2. The lowest BCUT2D eigenvalue weighted by Gasteiger charge is -2.25. The summed E-state index contributed by atoms with van der Waals surface area (Å²) in [7, 11) is 0. The molecule has 1 aliphatic heterocycles. The maximum absolute atomic E-state index is 14.1. The first-order chi connectivity index (χ1) is 9.25. The van der Waals surface area contributed by atoms with Gasteiger partial charge in [0.25, 0.3) is 5.88 Å². The molecule has 0 radical (unpaired) electrons. The molecule has 1 fully saturated rings. The molecule has 1 saturated heterocycles. The predicted molar refractivity (Wildman–Crippen MR) is 67.5 cm³/mol. The molecular weight excluding hydrogens is 249 g/mol. The van der Waals surface area contributed by atoms with Gasteiger partial charge in [0.2, 0.25) is 0 Å². The van der Waals surface area contributed by atoms with Crippen molar-refractivity contribution >= 4 is 17.0 Å². The van der Waals surface area contributed by atoms with Gasteiger partial charge in [-0.3, -0.25) is 0 Å². The van der Waals surface area contributed by atoms with Gasteiger partial charge >= 0.3 is 6.09 Å². The van der Waals surface area contributed by atoms with Gasteiger partial charge in [-0.15, -0.1) is 0 Å². The Kier molecular flexibility index (Phi) is 3.06. The fourth-order valence-corrected chi connectivity index (χ4v) is 2.27. The Hall–Kier alpha value is -2.11. The molecule has 0 bridgehead atoms. The van der Waals surface area contributed by atoms with Gasteiger partial charge in [0.15, 0.2) is 5.82 Å². The number of carbonyl (C=O) groups excluding carboxylic acids is 1. The number of carbonyl (C=O) groups is 1. The Morgan fingerprint density at radius 2 is 2.16 bits per heavy atom. The van der Waals surface area contributed by atoms with E-state index in [-0.39, 0.29) is 5.88 Å². The van der Waals surface area contributed by atoms with Gasteiger partial charge in [-0.1, -0.05) is 0 Å². The number of likely N-dealkylation sites (tertiary alicyclic amines) is 1. The molecule has 6 heteroatoms. The van der Waals surface area contributed by atoms with Crippen molar-refractivity contribution in [2.75, 3.05) is 13.1 Å². The van der Waals surface area contributed by atoms with Crippen LogP contribution in [0.3, 0.4) is 0 Å². The zero-order valence-corrected chi connectivity index (χ0v) is 10.4. The molecule has 1 N–H and O–H groups in total. The third-order valence-electron chi connectivity index (χ3n) is 3.31. The number of rotatable bonds is 1. The van der Waals surface area contributed by atoms with Crippen LogP contribution in [-0.2, 0) is 0 Å². The Balaban J connectivity index is 1.80. The SMILES string of the molecule is O=C(Oc1ncc2[nH]ccc2c1F)N1CCCCC1. The highest BCUT2D eigenvalue weighted by Crippen LogP contribution is 2.23. The molecule has 100 valence electrons. The van der Waals surface area contributed by atoms with Crippen molar-refractivity contribution in [3.63, 3.8) is 0 Å². The normalized spacial score (nSPS) is 15.7. The Bertz CT molecular complexity index is 605. The summed E-state index contributed by atoms with van der Waals surface area (Å²) in [5, 5.41) is 0.372. The standard InChI is InChI=1S/C13H14FN3O2/c14-11-9-4-5-15-10(9)8-16-12(11)19-13(18)17-6-2-1-3-7-17/h4-5,8,15H,1-3,6-7H2. The van der Waals surface area contributed by atoms with E-state index in [1.54, 1.807) is 17.2 Å². The number of aromatic amines is 1. The van der Waals surface area contributed by atoms with E-state index in [4.69, 9.17) is 4.74 Å². The fraction of sp³-hybridized carbons (Fsp3) is 0.385. The summed E-state index contributed by atoms with van der Waals surface area (Å²) in [6.45, 7) is 1.32. The van der Waals surface area contributed by atoms with Crippen LogP contribution in [0, 0.1) is 5.82 Å². The molecule has 1 amide bonds. The van der Waals surface area contributed by atoms with E-state index in [0.717, 1.165) is 19.3 Å². The van der Waals surface area contributed by atoms with Crippen molar-refractivity contribution in [2.45, 2.75) is 19.3 Å². The fourth-order valence-electron chi connectivity index (χ4n) is 2.27. The molecule has 2 aromatic rings.